The first kappa shape index (κ1) is 29.4. The Kier molecular flexibility index (Phi) is 9.03. The zero-order valence-corrected chi connectivity index (χ0v) is 24.6. The van der Waals surface area contributed by atoms with Gasteiger partial charge in [-0.1, -0.05) is 66.4 Å². The smallest absolute Gasteiger partial charge is 0.314 e. The number of nitrogens with zero attached hydrogens (tertiary/aromatic N) is 1. The molecular weight excluding hydrogens is 496 g/mol. The van der Waals surface area contributed by atoms with Crippen molar-refractivity contribution in [3.63, 3.8) is 0 Å². The molecule has 0 radical (unpaired) electrons. The van der Waals surface area contributed by atoms with Gasteiger partial charge in [0, 0.05) is 17.7 Å². The summed E-state index contributed by atoms with van der Waals surface area (Å²) in [7, 11) is 1.65. The van der Waals surface area contributed by atoms with Crippen LogP contribution >= 0.6 is 0 Å². The van der Waals surface area contributed by atoms with Gasteiger partial charge < -0.3 is 9.47 Å². The minimum Gasteiger partial charge on any atom is -0.496 e. The lowest BCUT2D eigenvalue weighted by molar-refractivity contribution is -0.159. The second-order valence-corrected chi connectivity index (χ2v) is 12.1. The van der Waals surface area contributed by atoms with Crippen LogP contribution in [0, 0.1) is 17.8 Å². The molecule has 1 heterocycles. The lowest BCUT2D eigenvalue weighted by Gasteiger charge is -2.43. The monoisotopic (exact) mass is 538 g/mol. The quantitative estimate of drug-likeness (QED) is 0.213. The highest BCUT2D eigenvalue weighted by atomic mass is 16.6. The van der Waals surface area contributed by atoms with Crippen molar-refractivity contribution in [1.82, 2.24) is 5.01 Å². The van der Waals surface area contributed by atoms with Crippen LogP contribution in [0.15, 0.2) is 78.9 Å². The summed E-state index contributed by atoms with van der Waals surface area (Å²) in [6, 6.07) is 26.1. The van der Waals surface area contributed by atoms with Crippen molar-refractivity contribution in [2.24, 2.45) is 11.8 Å². The van der Waals surface area contributed by atoms with Crippen molar-refractivity contribution in [2.75, 3.05) is 13.7 Å². The van der Waals surface area contributed by atoms with Gasteiger partial charge in [0.25, 0.3) is 0 Å². The molecule has 0 aliphatic carbocycles. The predicted octanol–water partition coefficient (Wildman–Crippen LogP) is 6.78. The molecule has 0 amide bonds. The number of nitrogens with two attached hydrogens (primary N) is 1. The van der Waals surface area contributed by atoms with Crippen molar-refractivity contribution in [1.29, 1.82) is 0 Å². The van der Waals surface area contributed by atoms with E-state index in [0.717, 1.165) is 41.6 Å². The van der Waals surface area contributed by atoms with Crippen molar-refractivity contribution in [2.45, 2.75) is 70.4 Å². The number of hydrogen-bond acceptors (Lipinski definition) is 5. The van der Waals surface area contributed by atoms with Gasteiger partial charge in [-0.3, -0.25) is 10.6 Å². The van der Waals surface area contributed by atoms with Crippen LogP contribution in [0.2, 0.25) is 0 Å². The fourth-order valence-electron chi connectivity index (χ4n) is 5.58. The Morgan fingerprint density at radius 1 is 0.975 bits per heavy atom. The normalized spacial score (nSPS) is 18.8. The first-order valence-corrected chi connectivity index (χ1v) is 14.1. The second-order valence-electron chi connectivity index (χ2n) is 12.1. The Morgan fingerprint density at radius 3 is 2.25 bits per heavy atom. The average molecular weight is 539 g/mol. The molecule has 210 valence electrons. The summed E-state index contributed by atoms with van der Waals surface area (Å²) in [6.07, 6.45) is 1.72. The summed E-state index contributed by atoms with van der Waals surface area (Å²) in [5, 5.41) is 1.88. The van der Waals surface area contributed by atoms with E-state index in [0.29, 0.717) is 5.75 Å². The molecule has 2 N–H and O–H groups in total. The number of methoxy groups -OCH3 is 1. The van der Waals surface area contributed by atoms with Gasteiger partial charge in [-0.05, 0) is 88.8 Å². The van der Waals surface area contributed by atoms with Gasteiger partial charge in [-0.2, -0.15) is 0 Å². The predicted molar refractivity (Wildman–Crippen MR) is 161 cm³/mol. The van der Waals surface area contributed by atoms with Crippen LogP contribution in [0.5, 0.6) is 5.75 Å². The van der Waals surface area contributed by atoms with Crippen LogP contribution in [0.3, 0.4) is 0 Å². The first-order chi connectivity index (χ1) is 19.0. The van der Waals surface area contributed by atoms with Crippen LogP contribution in [-0.4, -0.2) is 30.2 Å². The topological polar surface area (TPSA) is 64.8 Å². The van der Waals surface area contributed by atoms with Gasteiger partial charge in [-0.25, -0.2) is 5.01 Å². The van der Waals surface area contributed by atoms with E-state index in [-0.39, 0.29) is 17.9 Å². The highest BCUT2D eigenvalue weighted by Gasteiger charge is 2.43. The summed E-state index contributed by atoms with van der Waals surface area (Å²) in [5.74, 6) is 13.1. The van der Waals surface area contributed by atoms with E-state index < -0.39 is 16.9 Å². The molecule has 1 aliphatic heterocycles. The highest BCUT2D eigenvalue weighted by molar-refractivity contribution is 5.80. The Balaban J connectivity index is 1.84. The molecule has 3 aromatic carbocycles. The molecule has 5 heteroatoms. The second kappa shape index (κ2) is 12.3. The van der Waals surface area contributed by atoms with Gasteiger partial charge in [0.05, 0.1) is 24.5 Å². The SMILES string of the molecule is COc1ccc(C(C)(C)C#Cc2ccccc2)cc1C(C(=O)OC(C)(C)C)[C@@H]1CCCN(N)[C@@H]1c1ccccc1. The fraction of sp³-hybridized carbons (Fsp3) is 0.400. The zero-order chi connectivity index (χ0) is 28.9. The standard InChI is InChI=1S/C35H42N2O3/c1-34(2,3)40-33(38)31(28-18-13-23-37(36)32(28)26-16-11-8-12-17-26)29-24-27(19-20-30(29)39-6)35(4,5)22-21-25-14-9-7-10-15-25/h7-12,14-17,19-20,24,28,31-32H,13,18,23,36H2,1-6H3/t28-,31?,32+/m0/s1. The molecule has 0 spiro atoms. The van der Waals surface area contributed by atoms with Crippen LogP contribution in [-0.2, 0) is 14.9 Å². The number of rotatable bonds is 6. The van der Waals surface area contributed by atoms with Gasteiger partial charge in [0.2, 0.25) is 0 Å². The number of hydrogen-bond donors (Lipinski definition) is 1. The third-order valence-corrected chi connectivity index (χ3v) is 7.53. The molecule has 3 atom stereocenters. The average Bonchev–Trinajstić information content (AvgIpc) is 2.92. The van der Waals surface area contributed by atoms with E-state index in [1.807, 2.05) is 86.4 Å². The Hall–Kier alpha value is -3.59. The maximum absolute atomic E-state index is 14.1. The number of esters is 1. The molecule has 0 aromatic heterocycles. The number of hydrazine groups is 1. The largest absolute Gasteiger partial charge is 0.496 e. The van der Waals surface area contributed by atoms with E-state index in [9.17, 15) is 4.79 Å². The third-order valence-electron chi connectivity index (χ3n) is 7.53. The molecule has 3 aromatic rings. The van der Waals surface area contributed by atoms with Crippen molar-refractivity contribution in [3.8, 4) is 17.6 Å². The van der Waals surface area contributed by atoms with Crippen molar-refractivity contribution < 1.29 is 14.3 Å². The first-order valence-electron chi connectivity index (χ1n) is 14.1. The molecule has 1 fully saturated rings. The Bertz CT molecular complexity index is 1350. The maximum atomic E-state index is 14.1. The van der Waals surface area contributed by atoms with E-state index in [2.05, 4.69) is 43.9 Å². The lowest BCUT2D eigenvalue weighted by Crippen LogP contribution is -2.47. The van der Waals surface area contributed by atoms with Crippen LogP contribution < -0.4 is 10.6 Å². The van der Waals surface area contributed by atoms with Crippen molar-refractivity contribution >= 4 is 5.97 Å². The fourth-order valence-corrected chi connectivity index (χ4v) is 5.58. The molecule has 0 saturated carbocycles. The molecule has 40 heavy (non-hydrogen) atoms. The highest BCUT2D eigenvalue weighted by Crippen LogP contribution is 2.47. The summed E-state index contributed by atoms with van der Waals surface area (Å²) in [5.41, 5.74) is 2.77. The van der Waals surface area contributed by atoms with Gasteiger partial charge in [0.1, 0.15) is 11.4 Å². The van der Waals surface area contributed by atoms with Gasteiger partial charge in [0.15, 0.2) is 0 Å². The van der Waals surface area contributed by atoms with Crippen molar-refractivity contribution in [3.05, 3.63) is 101 Å². The third kappa shape index (κ3) is 6.94. The number of piperidine rings is 1. The molecule has 4 rings (SSSR count). The van der Waals surface area contributed by atoms with Gasteiger partial charge in [-0.15, -0.1) is 0 Å². The Morgan fingerprint density at radius 2 is 1.62 bits per heavy atom. The van der Waals surface area contributed by atoms with E-state index in [1.165, 1.54) is 0 Å². The molecule has 0 bridgehead atoms. The maximum Gasteiger partial charge on any atom is 0.314 e. The number of carbonyl (C=O) groups is 1. The zero-order valence-electron chi connectivity index (χ0n) is 24.6. The number of carbonyl (C=O) groups excluding carboxylic acids is 1. The molecule has 1 aliphatic rings. The minimum atomic E-state index is -0.639. The van der Waals surface area contributed by atoms with Crippen LogP contribution in [0.25, 0.3) is 0 Å². The van der Waals surface area contributed by atoms with Crippen LogP contribution in [0.4, 0.5) is 0 Å². The van der Waals surface area contributed by atoms with E-state index in [4.69, 9.17) is 15.3 Å². The molecule has 5 nitrogen and oxygen atoms in total. The number of ether oxygens (including phenoxy) is 2. The summed E-state index contributed by atoms with van der Waals surface area (Å²) in [6.45, 7) is 10.7. The molecule has 1 saturated heterocycles. The minimum absolute atomic E-state index is 0.112. The van der Waals surface area contributed by atoms with Gasteiger partial charge >= 0.3 is 5.97 Å². The lowest BCUT2D eigenvalue weighted by atomic mass is 9.73. The van der Waals surface area contributed by atoms with E-state index in [1.54, 1.807) is 7.11 Å². The summed E-state index contributed by atoms with van der Waals surface area (Å²) in [4.78, 5) is 14.1. The summed E-state index contributed by atoms with van der Waals surface area (Å²) < 4.78 is 11.9. The molecular formula is C35H42N2O3. The molecule has 1 unspecified atom stereocenters. The van der Waals surface area contributed by atoms with Crippen LogP contribution in [0.1, 0.15) is 81.7 Å². The van der Waals surface area contributed by atoms with E-state index >= 15 is 0 Å². The Labute approximate surface area is 239 Å². The number of benzene rings is 3. The summed E-state index contributed by atoms with van der Waals surface area (Å²) >= 11 is 0.